The maximum Gasteiger partial charge on any atom is 1.00 e. The fraction of sp³-hybridized carbons (Fsp3) is 0.839. The molecule has 0 bridgehead atoms. The van der Waals surface area contributed by atoms with Crippen molar-refractivity contribution < 1.29 is 89.4 Å². The van der Waals surface area contributed by atoms with Crippen LogP contribution in [0.1, 0.15) is 136 Å². The molecule has 5 heterocycles. The number of ketones is 1. The predicted molar refractivity (Wildman–Crippen MR) is 333 cm³/mol. The van der Waals surface area contributed by atoms with Crippen molar-refractivity contribution in [2.45, 2.75) is 192 Å². The van der Waals surface area contributed by atoms with Gasteiger partial charge in [0.2, 0.25) is 0 Å². The quantitative estimate of drug-likeness (QED) is 0.0450. The van der Waals surface area contributed by atoms with Gasteiger partial charge in [-0.2, -0.15) is 0 Å². The van der Waals surface area contributed by atoms with Crippen molar-refractivity contribution in [1.29, 1.82) is 0 Å². The first-order chi connectivity index (χ1) is 35.6. The number of aliphatic hydroxyl groups excluding tert-OH is 6. The number of carbonyl (C=O) groups excluding carboxylic acids is 1. The van der Waals surface area contributed by atoms with Crippen LogP contribution in [0.5, 0.6) is 0 Å². The fourth-order valence-corrected chi connectivity index (χ4v) is 4.01. The number of benzene rings is 1. The number of Topliss-reactive ketones (excluding diaryl/α,β-unsaturated/α-hetero) is 1. The minimum absolute atomic E-state index is 0. The number of ether oxygens (including phenoxy) is 4. The van der Waals surface area contributed by atoms with E-state index in [1.807, 2.05) is 54.5 Å². The van der Waals surface area contributed by atoms with E-state index in [2.05, 4.69) is 146 Å². The number of epoxide rings is 2. The zero-order valence-corrected chi connectivity index (χ0v) is 59.0. The number of hydrogen-bond donors (Lipinski definition) is 9. The van der Waals surface area contributed by atoms with Gasteiger partial charge in [-0.3, -0.25) is 4.79 Å². The van der Waals surface area contributed by atoms with E-state index in [1.54, 1.807) is 19.9 Å². The van der Waals surface area contributed by atoms with Crippen LogP contribution in [-0.4, -0.2) is 222 Å². The van der Waals surface area contributed by atoms with E-state index in [4.69, 9.17) is 49.6 Å². The summed E-state index contributed by atoms with van der Waals surface area (Å²) in [6, 6.07) is 11.9. The van der Waals surface area contributed by atoms with Crippen molar-refractivity contribution in [3.63, 3.8) is 0 Å². The smallest absolute Gasteiger partial charge is 0.870 e. The maximum atomic E-state index is 9.77. The first-order valence-electron chi connectivity index (χ1n) is 27.3. The van der Waals surface area contributed by atoms with Gasteiger partial charge in [0.1, 0.15) is 5.78 Å². The number of nitrogens with one attached hydrogen (secondary N) is 3. The predicted octanol–water partition coefficient (Wildman–Crippen LogP) is 5.26. The molecule has 5 saturated heterocycles. The standard InChI is InChI=1S/C14H21NO2.2C6H14N2.2C3H7BrO.C3H5BrO.2C3H8O2.2C3H6O.C3H6.3C2H6.Na.H2O/c1-2-6-13(7-3-1)12-15-9-11-17-14-8-4-5-10-16-14;2*1-6-5-7-3-4-8(6)2;5*1-3(5)2-4;2*1-3-2-4-3;1-3-2;3*1-2;;/h1-3,6-7,14-15H,4-5,8-12H2;2*6-7H,3-5H2,1-2H3;2*3,5H,2H2,1H3;2H2,1H3;2*3-5H,2H2,1H3;2*3H,2H2,1H3;3H,1H2,2H3;3*1-2H3;;1H2/q;;;;;;;;;;;;;;+1;/p-1/t;2*6-;2*3-;;4*3-;;;;;;/m.1010.1010....../s1. The van der Waals surface area contributed by atoms with Crippen LogP contribution in [0.2, 0.25) is 0 Å². The molecule has 1 aromatic carbocycles. The summed E-state index contributed by atoms with van der Waals surface area (Å²) in [5.74, 6) is 0.171. The number of likely N-dealkylation sites (N-methyl/N-ethyl adjacent to an activating group) is 2. The molecule has 17 nitrogen and oxygen atoms in total. The van der Waals surface area contributed by atoms with E-state index in [0.717, 1.165) is 84.2 Å². The summed E-state index contributed by atoms with van der Waals surface area (Å²) in [6.07, 6.45) is 4.87. The topological polar surface area (TPSA) is 255 Å². The Morgan fingerprint density at radius 1 is 0.753 bits per heavy atom. The molecule has 0 aromatic heterocycles. The van der Waals surface area contributed by atoms with E-state index < -0.39 is 12.2 Å². The Morgan fingerprint density at radius 3 is 1.29 bits per heavy atom. The largest absolute Gasteiger partial charge is 1.00 e. The van der Waals surface area contributed by atoms with E-state index in [9.17, 15) is 4.79 Å². The van der Waals surface area contributed by atoms with Gasteiger partial charge in [-0.25, -0.2) is 0 Å². The van der Waals surface area contributed by atoms with Gasteiger partial charge in [0.05, 0.1) is 75.0 Å². The molecule has 21 heteroatoms. The third-order valence-corrected chi connectivity index (χ3v) is 11.4. The van der Waals surface area contributed by atoms with Crippen LogP contribution >= 0.6 is 47.8 Å². The second-order valence-corrected chi connectivity index (χ2v) is 18.9. The second kappa shape index (κ2) is 82.9. The molecule has 0 aliphatic carbocycles. The summed E-state index contributed by atoms with van der Waals surface area (Å²) in [6.45, 7) is 45.9. The van der Waals surface area contributed by atoms with Crippen molar-refractivity contribution in [2.75, 3.05) is 116 Å². The summed E-state index contributed by atoms with van der Waals surface area (Å²) in [5.41, 5.74) is 1.31. The van der Waals surface area contributed by atoms with Crippen LogP contribution in [-0.2, 0) is 30.3 Å². The van der Waals surface area contributed by atoms with Gasteiger partial charge < -0.3 is 80.8 Å². The monoisotopic (exact) mass is 1320 g/mol. The summed E-state index contributed by atoms with van der Waals surface area (Å²) < 4.78 is 20.5. The zero-order valence-electron chi connectivity index (χ0n) is 52.2. The minimum Gasteiger partial charge on any atom is -0.870 e. The Bertz CT molecular complexity index is 1090. The molecule has 0 amide bonds. The van der Waals surface area contributed by atoms with Crippen LogP contribution in [0.25, 0.3) is 0 Å². The van der Waals surface area contributed by atoms with Gasteiger partial charge in [-0.05, 0) is 108 Å². The average molecular weight is 1320 g/mol. The van der Waals surface area contributed by atoms with E-state index in [-0.39, 0.29) is 72.5 Å². The minimum atomic E-state index is -0.560. The molecule has 0 radical (unpaired) electrons. The van der Waals surface area contributed by atoms with Crippen molar-refractivity contribution >= 4 is 53.6 Å². The molecular weight excluding hydrogens is 1200 g/mol. The van der Waals surface area contributed by atoms with Crippen molar-refractivity contribution in [2.24, 2.45) is 0 Å². The summed E-state index contributed by atoms with van der Waals surface area (Å²) in [5, 5.41) is 60.5. The number of allylic oxidation sites excluding steroid dienone is 1. The van der Waals surface area contributed by atoms with Gasteiger partial charge in [-0.15, -0.1) is 6.58 Å². The Morgan fingerprint density at radius 2 is 1.08 bits per heavy atom. The molecule has 6 rings (SSSR count). The molecule has 0 saturated carbocycles. The van der Waals surface area contributed by atoms with Crippen LogP contribution in [0.15, 0.2) is 43.0 Å². The van der Waals surface area contributed by atoms with E-state index >= 15 is 0 Å². The van der Waals surface area contributed by atoms with Crippen LogP contribution < -0.4 is 45.5 Å². The number of halogens is 3. The first kappa shape index (κ1) is 99.5. The van der Waals surface area contributed by atoms with Gasteiger partial charge in [-0.1, -0.05) is 126 Å². The third-order valence-electron chi connectivity index (χ3n) is 8.72. The number of carbonyl (C=O) groups is 1. The normalized spacial score (nSPS) is 20.3. The summed E-state index contributed by atoms with van der Waals surface area (Å²) >= 11 is 9.09. The Balaban J connectivity index is -0.0000000826. The summed E-state index contributed by atoms with van der Waals surface area (Å²) in [4.78, 5) is 14.5. The third kappa shape index (κ3) is 109. The number of aliphatic hydroxyl groups is 6. The second-order valence-electron chi connectivity index (χ2n) is 17.0. The number of hydrogen-bond acceptors (Lipinski definition) is 17. The van der Waals surface area contributed by atoms with Gasteiger partial charge in [0.25, 0.3) is 0 Å². The molecule has 9 atom stereocenters. The van der Waals surface area contributed by atoms with E-state index in [0.29, 0.717) is 28.2 Å². The Hall–Kier alpha value is 0.430. The number of alkyl halides is 3. The molecule has 464 valence electrons. The molecule has 77 heavy (non-hydrogen) atoms. The molecule has 1 aromatic rings. The van der Waals surface area contributed by atoms with Gasteiger partial charge >= 0.3 is 29.6 Å². The van der Waals surface area contributed by atoms with Gasteiger partial charge in [0, 0.05) is 81.7 Å². The number of piperazine rings is 2. The van der Waals surface area contributed by atoms with Crippen molar-refractivity contribution in [3.05, 3.63) is 48.6 Å². The average Bonchev–Trinajstić information content (AvgIpc) is 4.39. The maximum absolute atomic E-state index is 9.77. The molecule has 10 N–H and O–H groups in total. The fourth-order valence-electron chi connectivity index (χ4n) is 4.01. The Kier molecular flexibility index (Phi) is 107. The molecule has 5 fully saturated rings. The van der Waals surface area contributed by atoms with Crippen LogP contribution in [0.3, 0.4) is 0 Å². The zero-order chi connectivity index (χ0) is 59.8. The van der Waals surface area contributed by atoms with Crippen LogP contribution in [0, 0.1) is 0 Å². The van der Waals surface area contributed by atoms with Gasteiger partial charge in [0.15, 0.2) is 6.29 Å². The van der Waals surface area contributed by atoms with Crippen LogP contribution in [0.4, 0.5) is 0 Å². The number of nitrogens with zero attached hydrogens (tertiary/aromatic N) is 2. The molecule has 0 spiro atoms. The molecular formula is C56H121Br3N5NaO12. The molecule has 5 aliphatic heterocycles. The first-order valence-corrected chi connectivity index (χ1v) is 30.7. The van der Waals surface area contributed by atoms with E-state index in [1.165, 1.54) is 52.3 Å². The molecule has 1 unspecified atom stereocenters. The summed E-state index contributed by atoms with van der Waals surface area (Å²) in [7, 11) is 4.34. The van der Waals surface area contributed by atoms with Crippen molar-refractivity contribution in [1.82, 2.24) is 25.8 Å². The Labute approximate surface area is 520 Å². The number of rotatable bonds is 11. The van der Waals surface area contributed by atoms with Crippen molar-refractivity contribution in [3.8, 4) is 0 Å². The molecule has 5 aliphatic rings. The SMILES string of the molecule is C=CC.CC.CC.CC.CC(=O)CBr.C[C@@H](O)CBr.C[C@@H](O)CO.C[C@@H]1CNCCN1C.C[C@@H]1CO1.C[C@H](O)CBr.C[C@H](O)CO.C[C@H]1CNCCN1C.C[C@H]1CO1.[Na+].[OH-].c1ccc(CNCCOC2CCCCO2)cc1.